The number of primary amides is 1. The minimum Gasteiger partial charge on any atom is -0.497 e. The van der Waals surface area contributed by atoms with Crippen LogP contribution in [0.5, 0.6) is 5.75 Å². The molecule has 0 unspecified atom stereocenters. The van der Waals surface area contributed by atoms with E-state index in [0.29, 0.717) is 10.7 Å². The molecule has 3 aromatic carbocycles. The molecule has 0 spiro atoms. The van der Waals surface area contributed by atoms with Crippen LogP contribution in [-0.2, 0) is 16.0 Å². The molecular formula is C26H20F4N4O5S. The second-order valence-electron chi connectivity index (χ2n) is 8.49. The number of sulfone groups is 1. The van der Waals surface area contributed by atoms with Gasteiger partial charge in [-0.3, -0.25) is 9.59 Å². The molecule has 0 aliphatic carbocycles. The van der Waals surface area contributed by atoms with E-state index in [9.17, 15) is 31.2 Å². The maximum atomic E-state index is 15.1. The normalized spacial score (nSPS) is 11.8. The largest absolute Gasteiger partial charge is 0.497 e. The van der Waals surface area contributed by atoms with E-state index in [-0.39, 0.29) is 33.0 Å². The topological polar surface area (TPSA) is 133 Å². The lowest BCUT2D eigenvalue weighted by Crippen LogP contribution is -2.21. The van der Waals surface area contributed by atoms with Gasteiger partial charge in [-0.25, -0.2) is 17.5 Å². The third kappa shape index (κ3) is 5.66. The van der Waals surface area contributed by atoms with Gasteiger partial charge in [-0.05, 0) is 42.0 Å². The van der Waals surface area contributed by atoms with Gasteiger partial charge in [0.2, 0.25) is 0 Å². The lowest BCUT2D eigenvalue weighted by molar-refractivity contribution is -0.141. The van der Waals surface area contributed by atoms with Crippen molar-refractivity contribution in [2.45, 2.75) is 11.1 Å². The van der Waals surface area contributed by atoms with E-state index in [1.807, 2.05) is 0 Å². The zero-order chi connectivity index (χ0) is 29.4. The summed E-state index contributed by atoms with van der Waals surface area (Å²) in [7, 11) is -2.35. The average molecular weight is 577 g/mol. The molecule has 1 aromatic heterocycles. The van der Waals surface area contributed by atoms with Gasteiger partial charge in [0.15, 0.2) is 15.5 Å². The van der Waals surface area contributed by atoms with E-state index in [0.717, 1.165) is 18.4 Å². The number of methoxy groups -OCH3 is 1. The first-order chi connectivity index (χ1) is 18.7. The van der Waals surface area contributed by atoms with Crippen molar-refractivity contribution >= 4 is 27.3 Å². The summed E-state index contributed by atoms with van der Waals surface area (Å²) >= 11 is 0. The van der Waals surface area contributed by atoms with E-state index in [1.165, 1.54) is 49.6 Å². The first-order valence-corrected chi connectivity index (χ1v) is 13.2. The number of nitrogens with one attached hydrogen (secondary N) is 1. The smallest absolute Gasteiger partial charge is 0.435 e. The Morgan fingerprint density at radius 1 is 1.02 bits per heavy atom. The van der Waals surface area contributed by atoms with Gasteiger partial charge in [-0.1, -0.05) is 24.3 Å². The Bertz CT molecular complexity index is 1750. The Kier molecular flexibility index (Phi) is 7.39. The summed E-state index contributed by atoms with van der Waals surface area (Å²) in [5.41, 5.74) is 2.73. The molecule has 0 radical (unpaired) electrons. The van der Waals surface area contributed by atoms with Crippen LogP contribution in [0.2, 0.25) is 0 Å². The van der Waals surface area contributed by atoms with Crippen LogP contribution in [0.1, 0.15) is 26.5 Å². The predicted molar refractivity (Wildman–Crippen MR) is 137 cm³/mol. The maximum absolute atomic E-state index is 15.1. The quantitative estimate of drug-likeness (QED) is 0.312. The van der Waals surface area contributed by atoms with Gasteiger partial charge in [-0.2, -0.15) is 18.3 Å². The minimum absolute atomic E-state index is 0.0421. The van der Waals surface area contributed by atoms with Crippen LogP contribution in [-0.4, -0.2) is 43.4 Å². The summed E-state index contributed by atoms with van der Waals surface area (Å²) in [6.45, 7) is 0. The van der Waals surface area contributed by atoms with Gasteiger partial charge < -0.3 is 15.8 Å². The number of benzene rings is 3. The zero-order valence-corrected chi connectivity index (χ0v) is 21.6. The van der Waals surface area contributed by atoms with Crippen molar-refractivity contribution in [2.24, 2.45) is 5.73 Å². The molecule has 0 saturated heterocycles. The number of carbonyl (C=O) groups is 2. The average Bonchev–Trinajstić information content (AvgIpc) is 3.35. The summed E-state index contributed by atoms with van der Waals surface area (Å²) in [6.07, 6.45) is -3.96. The second-order valence-corrected chi connectivity index (χ2v) is 10.5. The van der Waals surface area contributed by atoms with Gasteiger partial charge in [-0.15, -0.1) is 0 Å². The van der Waals surface area contributed by atoms with Gasteiger partial charge in [0, 0.05) is 17.9 Å². The fourth-order valence-corrected chi connectivity index (χ4v) is 4.80. The molecule has 0 saturated carbocycles. The first kappa shape index (κ1) is 28.3. The SMILES string of the molecule is COc1ccc(-n2nc(C(F)(F)F)cc2C(=O)Nc2ccc(-c3ccccc3S(C)(=O)=O)cc2F)c(C(N)=O)c1. The Morgan fingerprint density at radius 2 is 1.73 bits per heavy atom. The van der Waals surface area contributed by atoms with Crippen LogP contribution in [0.4, 0.5) is 23.2 Å². The molecule has 14 heteroatoms. The lowest BCUT2D eigenvalue weighted by atomic mass is 10.0. The lowest BCUT2D eigenvalue weighted by Gasteiger charge is -2.13. The van der Waals surface area contributed by atoms with Crippen LogP contribution < -0.4 is 15.8 Å². The van der Waals surface area contributed by atoms with Crippen molar-refractivity contribution in [2.75, 3.05) is 18.7 Å². The fourth-order valence-electron chi connectivity index (χ4n) is 3.89. The van der Waals surface area contributed by atoms with E-state index >= 15 is 4.39 Å². The number of carbonyl (C=O) groups excluding carboxylic acids is 2. The number of hydrogen-bond acceptors (Lipinski definition) is 6. The molecule has 0 aliphatic heterocycles. The van der Waals surface area contributed by atoms with Crippen molar-refractivity contribution in [1.29, 1.82) is 0 Å². The third-order valence-electron chi connectivity index (χ3n) is 5.74. The van der Waals surface area contributed by atoms with Gasteiger partial charge in [0.25, 0.3) is 11.8 Å². The van der Waals surface area contributed by atoms with E-state index in [1.54, 1.807) is 6.07 Å². The number of ether oxygens (including phenoxy) is 1. The van der Waals surface area contributed by atoms with Crippen LogP contribution in [0.3, 0.4) is 0 Å². The second kappa shape index (κ2) is 10.4. The Morgan fingerprint density at radius 3 is 2.33 bits per heavy atom. The summed E-state index contributed by atoms with van der Waals surface area (Å²) in [5.74, 6) is -3.03. The highest BCUT2D eigenvalue weighted by molar-refractivity contribution is 7.90. The number of amides is 2. The number of hydrogen-bond donors (Lipinski definition) is 2. The molecule has 2 amide bonds. The number of anilines is 1. The van der Waals surface area contributed by atoms with Crippen LogP contribution in [0.25, 0.3) is 16.8 Å². The number of halogens is 4. The highest BCUT2D eigenvalue weighted by Crippen LogP contribution is 2.33. The van der Waals surface area contributed by atoms with E-state index in [2.05, 4.69) is 10.4 Å². The van der Waals surface area contributed by atoms with Crippen molar-refractivity contribution in [3.8, 4) is 22.6 Å². The van der Waals surface area contributed by atoms with E-state index < -0.39 is 50.7 Å². The first-order valence-electron chi connectivity index (χ1n) is 11.3. The predicted octanol–water partition coefficient (Wildman–Crippen LogP) is 4.46. The summed E-state index contributed by atoms with van der Waals surface area (Å²) in [6, 6.07) is 13.5. The van der Waals surface area contributed by atoms with Gasteiger partial charge in [0.1, 0.15) is 17.3 Å². The molecule has 208 valence electrons. The Balaban J connectivity index is 1.76. The molecule has 1 heterocycles. The van der Waals surface area contributed by atoms with Crippen LogP contribution in [0, 0.1) is 5.82 Å². The van der Waals surface area contributed by atoms with Gasteiger partial charge in [0.05, 0.1) is 28.9 Å². The standard InChI is InChI=1S/C26H20F4N4O5S/c1-39-15-8-10-20(17(12-15)24(31)35)34-21(13-23(33-34)26(28,29)30)25(36)32-19-9-7-14(11-18(19)27)16-5-3-4-6-22(16)40(2,37)38/h3-13H,1-2H3,(H2,31,35)(H,32,36). The number of nitrogens with two attached hydrogens (primary N) is 1. The van der Waals surface area contributed by atoms with Crippen LogP contribution >= 0.6 is 0 Å². The molecule has 3 N–H and O–H groups in total. The summed E-state index contributed by atoms with van der Waals surface area (Å²) in [5, 5.41) is 5.65. The van der Waals surface area contributed by atoms with Crippen LogP contribution in [0.15, 0.2) is 71.6 Å². The maximum Gasteiger partial charge on any atom is 0.435 e. The molecule has 40 heavy (non-hydrogen) atoms. The Hall–Kier alpha value is -4.72. The van der Waals surface area contributed by atoms with Crippen molar-refractivity contribution in [3.63, 3.8) is 0 Å². The number of aromatic nitrogens is 2. The van der Waals surface area contributed by atoms with Crippen molar-refractivity contribution in [3.05, 3.63) is 89.5 Å². The fraction of sp³-hybridized carbons (Fsp3) is 0.115. The summed E-state index contributed by atoms with van der Waals surface area (Å²) < 4.78 is 85.5. The monoisotopic (exact) mass is 576 g/mol. The molecule has 9 nitrogen and oxygen atoms in total. The highest BCUT2D eigenvalue weighted by atomic mass is 32.2. The van der Waals surface area contributed by atoms with E-state index in [4.69, 9.17) is 10.5 Å². The molecule has 0 bridgehead atoms. The number of alkyl halides is 3. The van der Waals surface area contributed by atoms with Crippen molar-refractivity contribution in [1.82, 2.24) is 9.78 Å². The highest BCUT2D eigenvalue weighted by Gasteiger charge is 2.36. The number of rotatable bonds is 7. The molecule has 4 aromatic rings. The number of nitrogens with zero attached hydrogens (tertiary/aromatic N) is 2. The van der Waals surface area contributed by atoms with Crippen molar-refractivity contribution < 1.29 is 40.3 Å². The van der Waals surface area contributed by atoms with Gasteiger partial charge >= 0.3 is 6.18 Å². The zero-order valence-electron chi connectivity index (χ0n) is 20.8. The molecule has 0 atom stereocenters. The third-order valence-corrected chi connectivity index (χ3v) is 6.90. The molecule has 0 aliphatic rings. The molecule has 4 rings (SSSR count). The minimum atomic E-state index is -4.96. The molecular weight excluding hydrogens is 556 g/mol. The molecule has 0 fully saturated rings. The Labute approximate surface area is 225 Å². The summed E-state index contributed by atoms with van der Waals surface area (Å²) in [4.78, 5) is 25.1.